The van der Waals surface area contributed by atoms with Gasteiger partial charge < -0.3 is 14.4 Å². The van der Waals surface area contributed by atoms with Gasteiger partial charge in [-0.2, -0.15) is 0 Å². The Kier molecular flexibility index (Phi) is 16.8. The van der Waals surface area contributed by atoms with E-state index in [2.05, 4.69) is 20.8 Å². The van der Waals surface area contributed by atoms with Gasteiger partial charge in [0.15, 0.2) is 0 Å². The Morgan fingerprint density at radius 1 is 0.652 bits per heavy atom. The van der Waals surface area contributed by atoms with Crippen molar-refractivity contribution < 1.29 is 30.8 Å². The van der Waals surface area contributed by atoms with E-state index in [0.717, 1.165) is 70.6 Å². The van der Waals surface area contributed by atoms with Gasteiger partial charge in [-0.25, -0.2) is 0 Å². The molecule has 0 saturated carbocycles. The topological polar surface area (TPSA) is 63.2 Å². The second-order valence-electron chi connectivity index (χ2n) is 6.80. The van der Waals surface area contributed by atoms with E-state index in [4.69, 9.17) is 0 Å². The van der Waals surface area contributed by atoms with Crippen molar-refractivity contribution in [3.05, 3.63) is 0 Å². The molecule has 0 aliphatic rings. The summed E-state index contributed by atoms with van der Waals surface area (Å²) in [5.41, 5.74) is 0. The first kappa shape index (κ1) is 25.9. The van der Waals surface area contributed by atoms with Gasteiger partial charge in [-0.05, 0) is 24.4 Å². The largest absolute Gasteiger partial charge is 2.00 e. The summed E-state index contributed by atoms with van der Waals surface area (Å²) in [6, 6.07) is 0. The van der Waals surface area contributed by atoms with Gasteiger partial charge in [-0.15, -0.1) is 0 Å². The van der Waals surface area contributed by atoms with E-state index in [0.29, 0.717) is 19.3 Å². The quantitative estimate of drug-likeness (QED) is 0.220. The van der Waals surface area contributed by atoms with Crippen molar-refractivity contribution in [1.82, 2.24) is 0 Å². The maximum absolute atomic E-state index is 12.0. The number of hydrogen-bond donors (Lipinski definition) is 0. The van der Waals surface area contributed by atoms with Gasteiger partial charge in [-0.1, -0.05) is 99.0 Å². The summed E-state index contributed by atoms with van der Waals surface area (Å²) in [7, 11) is -4.54. The molecule has 0 atom stereocenters. The molecule has 23 heavy (non-hydrogen) atoms. The van der Waals surface area contributed by atoms with E-state index in [1.807, 2.05) is 0 Å². The summed E-state index contributed by atoms with van der Waals surface area (Å²) in [5.74, 6) is 0. The van der Waals surface area contributed by atoms with Crippen LogP contribution in [0.1, 0.15) is 111 Å². The van der Waals surface area contributed by atoms with Crippen molar-refractivity contribution in [1.29, 1.82) is 0 Å². The molecule has 0 fully saturated rings. The van der Waals surface area contributed by atoms with Gasteiger partial charge >= 0.3 is 16.5 Å². The molecular weight excluding hydrogens is 354 g/mol. The Morgan fingerprint density at radius 3 is 1.26 bits per heavy atom. The molecule has 0 unspecified atom stereocenters. The summed E-state index contributed by atoms with van der Waals surface area (Å²) in [6.07, 6.45) is 13.0. The number of hydrogen-bond acceptors (Lipinski definition) is 3. The monoisotopic (exact) mass is 390 g/mol. The first-order valence-corrected chi connectivity index (χ1v) is 11.0. The van der Waals surface area contributed by atoms with Gasteiger partial charge in [0.05, 0.1) is 0 Å². The van der Waals surface area contributed by atoms with E-state index in [9.17, 15) is 14.4 Å². The Bertz CT molecular complexity index is 293. The van der Waals surface area contributed by atoms with E-state index in [1.54, 1.807) is 0 Å². The molecule has 3 nitrogen and oxygen atoms in total. The molecule has 0 saturated heterocycles. The van der Waals surface area contributed by atoms with Crippen LogP contribution in [0.2, 0.25) is 0 Å². The molecule has 0 radical (unpaired) electrons. The van der Waals surface area contributed by atoms with Crippen molar-refractivity contribution in [2.75, 3.05) is 0 Å². The standard InChI is InChI=1S/C18H39O3P.Ni/c1-4-7-10-13-16-18(22(19,20)21,15-12-9-6-3)17-14-11-8-5-2;/h4-17H2,1-3H3,(H2,19,20,21);/q;+2/p-2. The fourth-order valence-electron chi connectivity index (χ4n) is 3.25. The Labute approximate surface area is 154 Å². The minimum atomic E-state index is -4.54. The molecule has 0 amide bonds. The molecule has 0 N–H and O–H groups in total. The molecule has 0 aromatic heterocycles. The maximum Gasteiger partial charge on any atom is 2.00 e. The second-order valence-corrected chi connectivity index (χ2v) is 8.74. The minimum absolute atomic E-state index is 0. The summed E-state index contributed by atoms with van der Waals surface area (Å²) in [6.45, 7) is 6.40. The van der Waals surface area contributed by atoms with Gasteiger partial charge in [0.1, 0.15) is 0 Å². The van der Waals surface area contributed by atoms with Gasteiger partial charge in [0, 0.05) is 0 Å². The zero-order valence-electron chi connectivity index (χ0n) is 15.4. The minimum Gasteiger partial charge on any atom is -0.810 e. The second kappa shape index (κ2) is 14.9. The van der Waals surface area contributed by atoms with E-state index >= 15 is 0 Å². The van der Waals surface area contributed by atoms with Crippen molar-refractivity contribution in [3.8, 4) is 0 Å². The van der Waals surface area contributed by atoms with Crippen LogP contribution in [0.5, 0.6) is 0 Å². The van der Waals surface area contributed by atoms with Crippen LogP contribution in [0.15, 0.2) is 0 Å². The van der Waals surface area contributed by atoms with Crippen LogP contribution >= 0.6 is 7.60 Å². The van der Waals surface area contributed by atoms with Crippen molar-refractivity contribution in [2.24, 2.45) is 0 Å². The van der Waals surface area contributed by atoms with Crippen LogP contribution < -0.4 is 9.79 Å². The fourth-order valence-corrected chi connectivity index (χ4v) is 4.55. The molecule has 0 aromatic carbocycles. The molecular formula is C18H37NiO3P. The van der Waals surface area contributed by atoms with Gasteiger partial charge in [0.25, 0.3) is 0 Å². The average Bonchev–Trinajstić information content (AvgIpc) is 2.46. The smallest absolute Gasteiger partial charge is 0.810 e. The predicted molar refractivity (Wildman–Crippen MR) is 92.0 cm³/mol. The first-order chi connectivity index (χ1) is 10.4. The third-order valence-corrected chi connectivity index (χ3v) is 6.65. The van der Waals surface area contributed by atoms with E-state index in [1.165, 1.54) is 0 Å². The molecule has 5 heteroatoms. The van der Waals surface area contributed by atoms with Crippen LogP contribution in [0.25, 0.3) is 0 Å². The molecule has 142 valence electrons. The summed E-state index contributed by atoms with van der Waals surface area (Å²) in [5, 5.41) is -0.969. The third kappa shape index (κ3) is 11.0. The molecule has 0 heterocycles. The Morgan fingerprint density at radius 2 is 0.957 bits per heavy atom. The number of rotatable bonds is 15. The van der Waals surface area contributed by atoms with Gasteiger partial charge in [-0.3, -0.25) is 0 Å². The zero-order chi connectivity index (χ0) is 16.9. The van der Waals surface area contributed by atoms with E-state index in [-0.39, 0.29) is 16.5 Å². The summed E-state index contributed by atoms with van der Waals surface area (Å²) in [4.78, 5) is 24.1. The normalized spacial score (nSPS) is 12.2. The van der Waals surface area contributed by atoms with Crippen molar-refractivity contribution >= 4 is 7.60 Å². The Hall–Kier alpha value is 0.644. The molecule has 0 rings (SSSR count). The van der Waals surface area contributed by atoms with Crippen molar-refractivity contribution in [2.45, 2.75) is 116 Å². The molecule has 0 aliphatic carbocycles. The van der Waals surface area contributed by atoms with Crippen molar-refractivity contribution in [3.63, 3.8) is 0 Å². The maximum atomic E-state index is 12.0. The van der Waals surface area contributed by atoms with Crippen LogP contribution in [0.4, 0.5) is 0 Å². The van der Waals surface area contributed by atoms with Crippen LogP contribution in [-0.2, 0) is 21.1 Å². The molecule has 0 aliphatic heterocycles. The molecule has 0 spiro atoms. The SMILES string of the molecule is CCCCCCC(CCCCC)(CCCCCC)P(=O)([O-])[O-].[Ni+2]. The first-order valence-electron chi connectivity index (χ1n) is 9.45. The van der Waals surface area contributed by atoms with E-state index < -0.39 is 12.8 Å². The fraction of sp³-hybridized carbons (Fsp3) is 1.00. The average molecular weight is 391 g/mol. The summed E-state index contributed by atoms with van der Waals surface area (Å²) < 4.78 is 12.0. The number of unbranched alkanes of at least 4 members (excludes halogenated alkanes) is 8. The van der Waals surface area contributed by atoms with Gasteiger partial charge in [0.2, 0.25) is 0 Å². The molecule has 0 aromatic rings. The predicted octanol–water partition coefficient (Wildman–Crippen LogP) is 5.16. The van der Waals surface area contributed by atoms with Crippen LogP contribution in [0.3, 0.4) is 0 Å². The third-order valence-electron chi connectivity index (χ3n) is 4.82. The van der Waals surface area contributed by atoms with Crippen LogP contribution in [0, 0.1) is 0 Å². The summed E-state index contributed by atoms with van der Waals surface area (Å²) >= 11 is 0. The Balaban J connectivity index is 0. The molecule has 0 bridgehead atoms. The van der Waals surface area contributed by atoms with Crippen LogP contribution in [-0.4, -0.2) is 5.16 Å². The zero-order valence-corrected chi connectivity index (χ0v) is 17.3.